The summed E-state index contributed by atoms with van der Waals surface area (Å²) in [6.45, 7) is 3.16. The number of carbonyl (C=O) groups excluding carboxylic acids is 2. The molecule has 0 atom stereocenters. The van der Waals surface area contributed by atoms with Crippen molar-refractivity contribution < 1.29 is 22.4 Å². The lowest BCUT2D eigenvalue weighted by atomic mass is 10.1. The molecule has 0 fully saturated rings. The largest absolute Gasteiger partial charge is 0.326 e. The molecule has 0 aliphatic carbocycles. The van der Waals surface area contributed by atoms with E-state index in [0.29, 0.717) is 33.1 Å². The Hall–Kier alpha value is -4.38. The van der Waals surface area contributed by atoms with Crippen LogP contribution in [0.5, 0.6) is 0 Å². The van der Waals surface area contributed by atoms with Crippen LogP contribution in [0.3, 0.4) is 0 Å². The Bertz CT molecular complexity index is 1710. The van der Waals surface area contributed by atoms with Crippen molar-refractivity contribution >= 4 is 44.8 Å². The van der Waals surface area contributed by atoms with Crippen LogP contribution in [0.25, 0.3) is 0 Å². The van der Waals surface area contributed by atoms with Gasteiger partial charge in [-0.2, -0.15) is 9.41 Å². The number of amides is 2. The summed E-state index contributed by atoms with van der Waals surface area (Å²) >= 11 is 5.95. The minimum atomic E-state index is -3.94. The van der Waals surface area contributed by atoms with Gasteiger partial charge in [-0.1, -0.05) is 48.0 Å². The van der Waals surface area contributed by atoms with E-state index >= 15 is 0 Å². The molecule has 0 saturated heterocycles. The molecule has 0 saturated carbocycles. The van der Waals surface area contributed by atoms with Gasteiger partial charge in [-0.15, -0.1) is 0 Å². The number of carbonyl (C=O) groups is 2. The standard InChI is InChI=1S/C31H28ClFN4O4S/c1-21(26-4-3-5-29(18-26)34-22(2)38)35-36-31(39)25-10-6-23(7-11-25)19-37(20-24-8-14-28(33)15-9-24)42(40,41)30-16-12-27(32)13-17-30/h3-18H,19-20H2,1-2H3,(H,34,38)(H,36,39)/b35-21-. The molecule has 2 amide bonds. The maximum Gasteiger partial charge on any atom is 0.271 e. The zero-order valence-electron chi connectivity index (χ0n) is 22.8. The maximum atomic E-state index is 13.5. The number of benzene rings is 4. The number of hydrazone groups is 1. The van der Waals surface area contributed by atoms with Crippen LogP contribution in [0.15, 0.2) is 107 Å². The molecule has 216 valence electrons. The van der Waals surface area contributed by atoms with Crippen LogP contribution in [0.1, 0.15) is 40.9 Å². The number of nitrogens with one attached hydrogen (secondary N) is 2. The van der Waals surface area contributed by atoms with E-state index in [1.54, 1.807) is 55.5 Å². The van der Waals surface area contributed by atoms with Gasteiger partial charge in [-0.25, -0.2) is 18.2 Å². The van der Waals surface area contributed by atoms with E-state index in [-0.39, 0.29) is 23.9 Å². The highest BCUT2D eigenvalue weighted by Gasteiger charge is 2.25. The third-order valence-electron chi connectivity index (χ3n) is 6.22. The Kier molecular flexibility index (Phi) is 9.84. The van der Waals surface area contributed by atoms with Crippen LogP contribution in [-0.2, 0) is 27.9 Å². The molecule has 0 aromatic heterocycles. The monoisotopic (exact) mass is 606 g/mol. The Balaban J connectivity index is 1.49. The van der Waals surface area contributed by atoms with E-state index in [9.17, 15) is 22.4 Å². The van der Waals surface area contributed by atoms with Gasteiger partial charge in [0, 0.05) is 36.3 Å². The second-order valence-electron chi connectivity index (χ2n) is 9.45. The van der Waals surface area contributed by atoms with Crippen LogP contribution < -0.4 is 10.7 Å². The lowest BCUT2D eigenvalue weighted by molar-refractivity contribution is -0.114. The molecule has 0 spiro atoms. The average molecular weight is 607 g/mol. The van der Waals surface area contributed by atoms with Crippen molar-refractivity contribution in [1.29, 1.82) is 0 Å². The fourth-order valence-electron chi connectivity index (χ4n) is 4.03. The summed E-state index contributed by atoms with van der Waals surface area (Å²) < 4.78 is 41.8. The van der Waals surface area contributed by atoms with Crippen LogP contribution in [0.4, 0.5) is 10.1 Å². The van der Waals surface area contributed by atoms with Crippen molar-refractivity contribution in [2.45, 2.75) is 31.8 Å². The number of hydrogen-bond acceptors (Lipinski definition) is 5. The first-order chi connectivity index (χ1) is 20.0. The lowest BCUT2D eigenvalue weighted by Crippen LogP contribution is -2.30. The van der Waals surface area contributed by atoms with E-state index in [2.05, 4.69) is 15.8 Å². The quantitative estimate of drug-likeness (QED) is 0.171. The van der Waals surface area contributed by atoms with Crippen LogP contribution in [-0.4, -0.2) is 30.2 Å². The smallest absolute Gasteiger partial charge is 0.271 e. The number of sulfonamides is 1. The Morgan fingerprint density at radius 1 is 0.833 bits per heavy atom. The Morgan fingerprint density at radius 2 is 1.43 bits per heavy atom. The molecule has 0 unspecified atom stereocenters. The molecule has 0 radical (unpaired) electrons. The molecule has 2 N–H and O–H groups in total. The predicted octanol–water partition coefficient (Wildman–Crippen LogP) is 5.98. The summed E-state index contributed by atoms with van der Waals surface area (Å²) in [5, 5.41) is 7.28. The Labute approximate surface area is 248 Å². The first-order valence-corrected chi connectivity index (χ1v) is 14.6. The molecule has 8 nitrogen and oxygen atoms in total. The number of nitrogens with zero attached hydrogens (tertiary/aromatic N) is 2. The van der Waals surface area contributed by atoms with Gasteiger partial charge in [-0.05, 0) is 84.3 Å². The fraction of sp³-hybridized carbons (Fsp3) is 0.129. The minimum absolute atomic E-state index is 0.00457. The molecule has 42 heavy (non-hydrogen) atoms. The number of anilines is 1. The summed E-state index contributed by atoms with van der Waals surface area (Å²) in [6.07, 6.45) is 0. The molecule has 0 aliphatic rings. The van der Waals surface area contributed by atoms with Gasteiger partial charge in [0.1, 0.15) is 5.82 Å². The number of hydrogen-bond donors (Lipinski definition) is 2. The topological polar surface area (TPSA) is 108 Å². The van der Waals surface area contributed by atoms with Crippen molar-refractivity contribution in [3.05, 3.63) is 130 Å². The average Bonchev–Trinajstić information content (AvgIpc) is 2.97. The molecule has 4 aromatic carbocycles. The molecular formula is C31H28ClFN4O4S. The zero-order chi connectivity index (χ0) is 30.3. The van der Waals surface area contributed by atoms with E-state index in [0.717, 1.165) is 5.56 Å². The van der Waals surface area contributed by atoms with E-state index in [4.69, 9.17) is 11.6 Å². The third kappa shape index (κ3) is 8.10. The van der Waals surface area contributed by atoms with Gasteiger partial charge in [0.15, 0.2) is 0 Å². The highest BCUT2D eigenvalue weighted by Crippen LogP contribution is 2.23. The van der Waals surface area contributed by atoms with E-state index in [1.807, 2.05) is 0 Å². The summed E-state index contributed by atoms with van der Waals surface area (Å²) in [7, 11) is -3.94. The number of rotatable bonds is 10. The van der Waals surface area contributed by atoms with Crippen LogP contribution in [0, 0.1) is 5.82 Å². The molecule has 4 aromatic rings. The van der Waals surface area contributed by atoms with Crippen molar-refractivity contribution in [3.63, 3.8) is 0 Å². The molecule has 11 heteroatoms. The van der Waals surface area contributed by atoms with Gasteiger partial charge in [0.05, 0.1) is 10.6 Å². The first-order valence-electron chi connectivity index (χ1n) is 12.8. The van der Waals surface area contributed by atoms with Gasteiger partial charge in [0.25, 0.3) is 5.91 Å². The van der Waals surface area contributed by atoms with Crippen molar-refractivity contribution in [3.8, 4) is 0 Å². The number of halogens is 2. The summed E-state index contributed by atoms with van der Waals surface area (Å²) in [5.41, 5.74) is 5.97. The van der Waals surface area contributed by atoms with Crippen LogP contribution >= 0.6 is 11.6 Å². The summed E-state index contributed by atoms with van der Waals surface area (Å²) in [4.78, 5) is 24.1. The van der Waals surface area contributed by atoms with Gasteiger partial charge in [-0.3, -0.25) is 9.59 Å². The van der Waals surface area contributed by atoms with Crippen molar-refractivity contribution in [1.82, 2.24) is 9.73 Å². The third-order valence-corrected chi connectivity index (χ3v) is 8.28. The van der Waals surface area contributed by atoms with Crippen LogP contribution in [0.2, 0.25) is 5.02 Å². The normalized spacial score (nSPS) is 11.8. The van der Waals surface area contributed by atoms with Crippen molar-refractivity contribution in [2.24, 2.45) is 5.10 Å². The highest BCUT2D eigenvalue weighted by atomic mass is 35.5. The zero-order valence-corrected chi connectivity index (χ0v) is 24.4. The second kappa shape index (κ2) is 13.5. The van der Waals surface area contributed by atoms with Gasteiger partial charge >= 0.3 is 0 Å². The van der Waals surface area contributed by atoms with Crippen molar-refractivity contribution in [2.75, 3.05) is 5.32 Å². The Morgan fingerprint density at radius 3 is 2.02 bits per heavy atom. The summed E-state index contributed by atoms with van der Waals surface area (Å²) in [5.74, 6) is -1.06. The second-order valence-corrected chi connectivity index (χ2v) is 11.8. The molecule has 0 heterocycles. The SMILES string of the molecule is CC(=O)Nc1cccc(/C(C)=N\NC(=O)c2ccc(CN(Cc3ccc(F)cc3)S(=O)(=O)c3ccc(Cl)cc3)cc2)c1. The fourth-order valence-corrected chi connectivity index (χ4v) is 5.57. The molecular weight excluding hydrogens is 579 g/mol. The highest BCUT2D eigenvalue weighted by molar-refractivity contribution is 7.89. The van der Waals surface area contributed by atoms with E-state index < -0.39 is 21.7 Å². The maximum absolute atomic E-state index is 13.5. The molecule has 4 rings (SSSR count). The first kappa shape index (κ1) is 30.6. The minimum Gasteiger partial charge on any atom is -0.326 e. The molecule has 0 bridgehead atoms. The van der Waals surface area contributed by atoms with Gasteiger partial charge in [0.2, 0.25) is 15.9 Å². The predicted molar refractivity (Wildman–Crippen MR) is 161 cm³/mol. The lowest BCUT2D eigenvalue weighted by Gasteiger charge is -2.23. The summed E-state index contributed by atoms with van der Waals surface area (Å²) in [6, 6.07) is 25.1. The molecule has 0 aliphatic heterocycles. The van der Waals surface area contributed by atoms with Gasteiger partial charge < -0.3 is 5.32 Å². The van der Waals surface area contributed by atoms with E-state index in [1.165, 1.54) is 59.8 Å².